The maximum atomic E-state index is 12.9. The van der Waals surface area contributed by atoms with Crippen molar-refractivity contribution in [3.63, 3.8) is 0 Å². The number of halogens is 1. The number of rotatable bonds is 16. The summed E-state index contributed by atoms with van der Waals surface area (Å²) in [6.45, 7) is 8.72. The van der Waals surface area contributed by atoms with E-state index in [1.165, 1.54) is 18.9 Å². The molecule has 0 aliphatic rings. The second-order valence-electron chi connectivity index (χ2n) is 9.10. The third-order valence-corrected chi connectivity index (χ3v) is 7.56. The molecule has 2 N–H and O–H groups in total. The molecule has 33 heavy (non-hydrogen) atoms. The fourth-order valence-corrected chi connectivity index (χ4v) is 4.96. The smallest absolute Gasteiger partial charge is 0.273 e. The van der Waals surface area contributed by atoms with Crippen molar-refractivity contribution in [2.24, 2.45) is 5.92 Å². The lowest BCUT2D eigenvalue weighted by Crippen LogP contribution is -2.40. The first-order chi connectivity index (χ1) is 15.2. The molecule has 0 saturated heterocycles. The number of aliphatic hydroxyl groups is 1. The van der Waals surface area contributed by atoms with Crippen LogP contribution in [0.2, 0.25) is 0 Å². The summed E-state index contributed by atoms with van der Waals surface area (Å²) in [5, 5.41) is 24.1. The third kappa shape index (κ3) is 10.00. The van der Waals surface area contributed by atoms with Crippen molar-refractivity contribution in [2.45, 2.75) is 96.6 Å². The van der Waals surface area contributed by atoms with Crippen LogP contribution in [0.15, 0.2) is 18.2 Å². The van der Waals surface area contributed by atoms with E-state index >= 15 is 0 Å². The second kappa shape index (κ2) is 16.6. The van der Waals surface area contributed by atoms with Crippen molar-refractivity contribution < 1.29 is 14.8 Å². The Morgan fingerprint density at radius 2 is 1.73 bits per heavy atom. The molecule has 0 bridgehead atoms. The number of unbranched alkanes of at least 4 members (excludes halogenated alkanes) is 3. The Hall–Kier alpha value is -1.04. The highest BCUT2D eigenvalue weighted by Gasteiger charge is 2.33. The Morgan fingerprint density at radius 3 is 2.21 bits per heavy atom. The second-order valence-corrected chi connectivity index (χ2v) is 10.3. The highest BCUT2D eigenvalue weighted by Crippen LogP contribution is 2.41. The van der Waals surface area contributed by atoms with E-state index in [1.54, 1.807) is 19.1 Å². The first-order valence-corrected chi connectivity index (χ1v) is 12.8. The van der Waals surface area contributed by atoms with Crippen molar-refractivity contribution >= 4 is 37.8 Å². The van der Waals surface area contributed by atoms with Gasteiger partial charge >= 0.3 is 0 Å². The molecule has 0 aliphatic carbocycles. The quantitative estimate of drug-likeness (QED) is 0.135. The van der Waals surface area contributed by atoms with Crippen molar-refractivity contribution in [1.82, 2.24) is 5.32 Å². The molecule has 0 aliphatic heterocycles. The molecule has 190 valence electrons. The number of aliphatic hydroxyl groups excluding tert-OH is 1. The lowest BCUT2D eigenvalue weighted by Gasteiger charge is -2.38. The zero-order chi connectivity index (χ0) is 24.1. The van der Waals surface area contributed by atoms with Gasteiger partial charge in [-0.3, -0.25) is 14.9 Å². The molecule has 6 nitrogen and oxygen atoms in total. The van der Waals surface area contributed by atoms with E-state index in [0.717, 1.165) is 44.9 Å². The van der Waals surface area contributed by atoms with Crippen molar-refractivity contribution in [1.29, 1.82) is 0 Å². The minimum atomic E-state index is -0.481. The lowest BCUT2D eigenvalue weighted by atomic mass is 9.80. The molecular formula is C25H44BrN2O4P. The van der Waals surface area contributed by atoms with Crippen LogP contribution in [0.4, 0.5) is 5.69 Å². The van der Waals surface area contributed by atoms with Crippen LogP contribution in [-0.2, 0) is 0 Å². The van der Waals surface area contributed by atoms with Gasteiger partial charge in [0, 0.05) is 36.3 Å². The van der Waals surface area contributed by atoms with E-state index in [1.807, 2.05) is 0 Å². The summed E-state index contributed by atoms with van der Waals surface area (Å²) < 4.78 is 0. The molecule has 8 heteroatoms. The number of nitrogens with zero attached hydrogens (tertiary/aromatic N) is 1. The minimum absolute atomic E-state index is 0. The van der Waals surface area contributed by atoms with Crippen LogP contribution in [0.3, 0.4) is 0 Å². The molecule has 1 aromatic rings. The minimum Gasteiger partial charge on any atom is -0.396 e. The van der Waals surface area contributed by atoms with Crippen LogP contribution < -0.4 is 5.32 Å². The average Bonchev–Trinajstić information content (AvgIpc) is 2.80. The predicted octanol–water partition coefficient (Wildman–Crippen LogP) is 6.80. The zero-order valence-electron chi connectivity index (χ0n) is 20.8. The monoisotopic (exact) mass is 546 g/mol. The molecule has 0 radical (unpaired) electrons. The maximum absolute atomic E-state index is 12.9. The van der Waals surface area contributed by atoms with Crippen LogP contribution in [-0.4, -0.2) is 34.2 Å². The summed E-state index contributed by atoms with van der Waals surface area (Å²) >= 11 is 0. The van der Waals surface area contributed by atoms with Crippen LogP contribution in [0.1, 0.15) is 107 Å². The number of hydrogen-bond acceptors (Lipinski definition) is 4. The van der Waals surface area contributed by atoms with Gasteiger partial charge in [-0.1, -0.05) is 72.3 Å². The fraction of sp³-hybridized carbons (Fsp3) is 0.720. The SMILES string of the molecule is Br.CCCCC(CNC(=O)c1ccc(C(C)CO)c([N+](=O)[O-])c1)C(P)(CCCC)CCCC. The molecule has 1 rings (SSSR count). The fourth-order valence-electron chi connectivity index (χ4n) is 4.26. The van der Waals surface area contributed by atoms with Crippen LogP contribution in [0.25, 0.3) is 0 Å². The van der Waals surface area contributed by atoms with Gasteiger partial charge in [-0.15, -0.1) is 26.2 Å². The summed E-state index contributed by atoms with van der Waals surface area (Å²) in [7, 11) is 3.14. The maximum Gasteiger partial charge on any atom is 0.273 e. The van der Waals surface area contributed by atoms with Gasteiger partial charge in [0.05, 0.1) is 4.92 Å². The Balaban J connectivity index is 0.0000102. The number of amides is 1. The highest BCUT2D eigenvalue weighted by molar-refractivity contribution is 8.93. The number of hydrogen-bond donors (Lipinski definition) is 2. The first kappa shape index (κ1) is 32.0. The van der Waals surface area contributed by atoms with Crippen molar-refractivity contribution in [3.8, 4) is 0 Å². The number of carbonyl (C=O) groups is 1. The van der Waals surface area contributed by atoms with Gasteiger partial charge in [0.1, 0.15) is 0 Å². The van der Waals surface area contributed by atoms with Crippen LogP contribution in [0, 0.1) is 16.0 Å². The molecular weight excluding hydrogens is 503 g/mol. The normalized spacial score (nSPS) is 13.2. The van der Waals surface area contributed by atoms with Gasteiger partial charge in [0.25, 0.3) is 11.6 Å². The third-order valence-electron chi connectivity index (χ3n) is 6.51. The number of benzene rings is 1. The molecule has 0 heterocycles. The number of carbonyl (C=O) groups excluding carboxylic acids is 1. The van der Waals surface area contributed by atoms with Crippen LogP contribution in [0.5, 0.6) is 0 Å². The molecule has 1 amide bonds. The highest BCUT2D eigenvalue weighted by atomic mass is 79.9. The zero-order valence-corrected chi connectivity index (χ0v) is 23.6. The van der Waals surface area contributed by atoms with Gasteiger partial charge in [-0.25, -0.2) is 0 Å². The molecule has 3 atom stereocenters. The van der Waals surface area contributed by atoms with Gasteiger partial charge in [-0.2, -0.15) is 0 Å². The predicted molar refractivity (Wildman–Crippen MR) is 146 cm³/mol. The molecule has 0 saturated carbocycles. The molecule has 0 spiro atoms. The van der Waals surface area contributed by atoms with E-state index in [2.05, 4.69) is 35.3 Å². The summed E-state index contributed by atoms with van der Waals surface area (Å²) in [5.41, 5.74) is 0.613. The van der Waals surface area contributed by atoms with Gasteiger partial charge < -0.3 is 10.4 Å². The summed E-state index contributed by atoms with van der Waals surface area (Å²) in [6.07, 6.45) is 10.2. The summed E-state index contributed by atoms with van der Waals surface area (Å²) in [4.78, 5) is 24.0. The van der Waals surface area contributed by atoms with Crippen molar-refractivity contribution in [2.75, 3.05) is 13.2 Å². The number of nitrogens with one attached hydrogen (secondary N) is 1. The van der Waals surface area contributed by atoms with Gasteiger partial charge in [0.15, 0.2) is 0 Å². The Morgan fingerprint density at radius 1 is 1.15 bits per heavy atom. The first-order valence-electron chi connectivity index (χ1n) is 12.2. The van der Waals surface area contributed by atoms with Crippen molar-refractivity contribution in [3.05, 3.63) is 39.4 Å². The van der Waals surface area contributed by atoms with E-state index in [0.29, 0.717) is 18.0 Å². The molecule has 3 unspecified atom stereocenters. The Labute approximate surface area is 212 Å². The van der Waals surface area contributed by atoms with E-state index in [9.17, 15) is 20.0 Å². The summed E-state index contributed by atoms with van der Waals surface area (Å²) in [6, 6.07) is 4.54. The average molecular weight is 548 g/mol. The lowest BCUT2D eigenvalue weighted by molar-refractivity contribution is -0.385. The van der Waals surface area contributed by atoms with Gasteiger partial charge in [0.2, 0.25) is 0 Å². The van der Waals surface area contributed by atoms with E-state index in [4.69, 9.17) is 0 Å². The topological polar surface area (TPSA) is 92.5 Å². The summed E-state index contributed by atoms with van der Waals surface area (Å²) in [5.74, 6) is -0.296. The van der Waals surface area contributed by atoms with E-state index in [-0.39, 0.29) is 51.8 Å². The largest absolute Gasteiger partial charge is 0.396 e. The molecule has 0 fully saturated rings. The molecule has 1 aromatic carbocycles. The number of nitro benzene ring substituents is 1. The molecule has 0 aromatic heterocycles. The van der Waals surface area contributed by atoms with E-state index < -0.39 is 4.92 Å². The Bertz CT molecular complexity index is 724. The number of nitro groups is 1. The van der Waals surface area contributed by atoms with Gasteiger partial charge in [-0.05, 0) is 36.4 Å². The van der Waals surface area contributed by atoms with Crippen LogP contribution >= 0.6 is 26.2 Å². The Kier molecular flexibility index (Phi) is 16.0. The standard InChI is InChI=1S/C25H43N2O4P.BrH/c1-5-8-11-21(25(32,14-9-6-2)15-10-7-3)17-26-24(29)20-12-13-22(19(4)18-28)23(16-20)27(30)31;/h12-13,16,19,21,28H,5-11,14-15,17-18,32H2,1-4H3,(H,26,29);1H.